The van der Waals surface area contributed by atoms with Crippen molar-refractivity contribution in [3.8, 4) is 0 Å². The number of urea groups is 1. The predicted octanol–water partition coefficient (Wildman–Crippen LogP) is 4.82. The summed E-state index contributed by atoms with van der Waals surface area (Å²) in [6.07, 6.45) is 9.05. The number of nitrogens with zero attached hydrogens (tertiary/aromatic N) is 3. The Labute approximate surface area is 174 Å². The molecule has 3 heterocycles. The van der Waals surface area contributed by atoms with Crippen molar-refractivity contribution >= 4 is 11.8 Å². The summed E-state index contributed by atoms with van der Waals surface area (Å²) in [4.78, 5) is 21.9. The van der Waals surface area contributed by atoms with Crippen molar-refractivity contribution in [3.63, 3.8) is 0 Å². The topological polar surface area (TPSA) is 48.5 Å². The van der Waals surface area contributed by atoms with Crippen LogP contribution >= 0.6 is 0 Å². The monoisotopic (exact) mass is 392 g/mol. The van der Waals surface area contributed by atoms with E-state index in [1.165, 1.54) is 36.8 Å². The van der Waals surface area contributed by atoms with Gasteiger partial charge in [0.15, 0.2) is 0 Å². The summed E-state index contributed by atoms with van der Waals surface area (Å²) in [7, 11) is 0. The van der Waals surface area contributed by atoms with E-state index >= 15 is 0 Å². The van der Waals surface area contributed by atoms with Crippen LogP contribution in [0.5, 0.6) is 0 Å². The third-order valence-electron chi connectivity index (χ3n) is 6.24. The molecule has 29 heavy (non-hydrogen) atoms. The molecular formula is C24H32N4O. The Morgan fingerprint density at radius 3 is 2.66 bits per heavy atom. The van der Waals surface area contributed by atoms with Gasteiger partial charge in [-0.15, -0.1) is 0 Å². The number of amides is 2. The molecule has 1 N–H and O–H groups in total. The minimum absolute atomic E-state index is 0.0314. The number of aryl methyl sites for hydroxylation is 1. The Morgan fingerprint density at radius 2 is 1.86 bits per heavy atom. The van der Waals surface area contributed by atoms with E-state index in [0.29, 0.717) is 6.54 Å². The maximum absolute atomic E-state index is 12.9. The lowest BCUT2D eigenvalue weighted by Gasteiger charge is -2.26. The van der Waals surface area contributed by atoms with Crippen LogP contribution in [0.3, 0.4) is 0 Å². The van der Waals surface area contributed by atoms with Gasteiger partial charge in [0.2, 0.25) is 0 Å². The van der Waals surface area contributed by atoms with Crippen LogP contribution < -0.4 is 10.2 Å². The number of carbonyl (C=O) groups excluding carboxylic acids is 1. The summed E-state index contributed by atoms with van der Waals surface area (Å²) in [5, 5.41) is 3.14. The van der Waals surface area contributed by atoms with Crippen LogP contribution in [0.2, 0.25) is 0 Å². The van der Waals surface area contributed by atoms with Crippen molar-refractivity contribution in [3.05, 3.63) is 59.3 Å². The number of hydrogen-bond acceptors (Lipinski definition) is 3. The fourth-order valence-electron chi connectivity index (χ4n) is 4.62. The first kappa shape index (κ1) is 19.7. The maximum Gasteiger partial charge on any atom is 0.318 e. The van der Waals surface area contributed by atoms with Crippen LogP contribution in [-0.4, -0.2) is 35.5 Å². The number of likely N-dealkylation sites (tertiary alicyclic amines) is 1. The van der Waals surface area contributed by atoms with Gasteiger partial charge in [-0.25, -0.2) is 9.78 Å². The molecule has 5 nitrogen and oxygen atoms in total. The number of carbonyl (C=O) groups is 1. The number of benzene rings is 1. The average Bonchev–Trinajstić information content (AvgIpc) is 3.07. The zero-order valence-corrected chi connectivity index (χ0v) is 17.4. The second kappa shape index (κ2) is 9.29. The van der Waals surface area contributed by atoms with E-state index in [2.05, 4.69) is 52.5 Å². The lowest BCUT2D eigenvalue weighted by atomic mass is 9.99. The molecule has 1 atom stereocenters. The highest BCUT2D eigenvalue weighted by Crippen LogP contribution is 2.33. The van der Waals surface area contributed by atoms with Gasteiger partial charge < -0.3 is 15.1 Å². The summed E-state index contributed by atoms with van der Waals surface area (Å²) >= 11 is 0. The van der Waals surface area contributed by atoms with E-state index in [0.717, 1.165) is 43.9 Å². The zero-order chi connectivity index (χ0) is 20.1. The Hall–Kier alpha value is -2.56. The number of pyridine rings is 1. The Kier molecular flexibility index (Phi) is 6.33. The summed E-state index contributed by atoms with van der Waals surface area (Å²) in [5.74, 6) is 1.04. The fourth-order valence-corrected chi connectivity index (χ4v) is 4.62. The Balaban J connectivity index is 1.39. The number of rotatable bonds is 4. The molecule has 2 aliphatic rings. The Morgan fingerprint density at radius 1 is 1.07 bits per heavy atom. The highest BCUT2D eigenvalue weighted by Gasteiger charge is 2.30. The lowest BCUT2D eigenvalue weighted by molar-refractivity contribution is 0.192. The molecule has 2 saturated heterocycles. The smallest absolute Gasteiger partial charge is 0.318 e. The third kappa shape index (κ3) is 4.72. The van der Waals surface area contributed by atoms with Gasteiger partial charge in [0.05, 0.1) is 6.04 Å². The van der Waals surface area contributed by atoms with Gasteiger partial charge >= 0.3 is 6.03 Å². The van der Waals surface area contributed by atoms with Crippen LogP contribution in [0.15, 0.2) is 42.6 Å². The molecule has 2 aliphatic heterocycles. The molecule has 0 saturated carbocycles. The summed E-state index contributed by atoms with van der Waals surface area (Å²) in [6.45, 7) is 5.65. The fraction of sp³-hybridized carbons (Fsp3) is 0.500. The average molecular weight is 393 g/mol. The highest BCUT2D eigenvalue weighted by atomic mass is 16.2. The second-order valence-corrected chi connectivity index (χ2v) is 8.29. The van der Waals surface area contributed by atoms with E-state index in [9.17, 15) is 4.79 Å². The van der Waals surface area contributed by atoms with Gasteiger partial charge in [-0.3, -0.25) is 0 Å². The Bertz CT molecular complexity index is 829. The van der Waals surface area contributed by atoms with E-state index in [-0.39, 0.29) is 12.1 Å². The number of nitrogens with one attached hydrogen (secondary N) is 1. The molecule has 0 bridgehead atoms. The van der Waals surface area contributed by atoms with Gasteiger partial charge in [-0.05, 0) is 61.4 Å². The molecule has 1 unspecified atom stereocenters. The minimum Gasteiger partial charge on any atom is -0.357 e. The molecule has 0 aliphatic carbocycles. The third-order valence-corrected chi connectivity index (χ3v) is 6.24. The van der Waals surface area contributed by atoms with Gasteiger partial charge in [0, 0.05) is 32.4 Å². The normalized spacial score (nSPS) is 19.8. The van der Waals surface area contributed by atoms with Gasteiger partial charge in [-0.1, -0.05) is 37.1 Å². The van der Waals surface area contributed by atoms with E-state index in [4.69, 9.17) is 0 Å². The number of aromatic nitrogens is 1. The van der Waals surface area contributed by atoms with E-state index in [1.807, 2.05) is 17.2 Å². The quantitative estimate of drug-likeness (QED) is 0.812. The second-order valence-electron chi connectivity index (χ2n) is 8.29. The van der Waals surface area contributed by atoms with Crippen molar-refractivity contribution in [2.75, 3.05) is 24.5 Å². The molecule has 2 aromatic rings. The molecule has 0 spiro atoms. The molecule has 0 radical (unpaired) electrons. The van der Waals surface area contributed by atoms with Crippen LogP contribution in [0.1, 0.15) is 61.3 Å². The van der Waals surface area contributed by atoms with Gasteiger partial charge in [-0.2, -0.15) is 0 Å². The summed E-state index contributed by atoms with van der Waals surface area (Å²) in [6, 6.07) is 12.8. The van der Waals surface area contributed by atoms with Crippen molar-refractivity contribution in [1.29, 1.82) is 0 Å². The first-order valence-electron chi connectivity index (χ1n) is 11.0. The molecule has 2 amide bonds. The summed E-state index contributed by atoms with van der Waals surface area (Å²) in [5.41, 5.74) is 3.64. The van der Waals surface area contributed by atoms with E-state index < -0.39 is 0 Å². The number of anilines is 1. The van der Waals surface area contributed by atoms with Crippen molar-refractivity contribution in [1.82, 2.24) is 15.2 Å². The lowest BCUT2D eigenvalue weighted by Crippen LogP contribution is -2.39. The first-order chi connectivity index (χ1) is 14.2. The molecule has 2 fully saturated rings. The van der Waals surface area contributed by atoms with Crippen LogP contribution in [0, 0.1) is 6.92 Å². The highest BCUT2D eigenvalue weighted by molar-refractivity contribution is 5.75. The molecule has 1 aromatic carbocycles. The standard InChI is InChI=1S/C24H32N4O/c1-19-9-4-5-10-21(19)22-11-8-16-28(22)24(29)26-18-20-12-13-25-23(17-20)27-14-6-2-3-7-15-27/h4-5,9-10,12-13,17,22H,2-3,6-8,11,14-16,18H2,1H3,(H,26,29). The van der Waals surface area contributed by atoms with Gasteiger partial charge in [0.25, 0.3) is 0 Å². The SMILES string of the molecule is Cc1ccccc1C1CCCN1C(=O)NCc1ccnc(N2CCCCCC2)c1. The molecule has 154 valence electrons. The van der Waals surface area contributed by atoms with E-state index in [1.54, 1.807) is 0 Å². The molecule has 5 heteroatoms. The predicted molar refractivity (Wildman–Crippen MR) is 117 cm³/mol. The van der Waals surface area contributed by atoms with Crippen molar-refractivity contribution < 1.29 is 4.79 Å². The van der Waals surface area contributed by atoms with Crippen LogP contribution in [-0.2, 0) is 6.54 Å². The first-order valence-corrected chi connectivity index (χ1v) is 11.0. The molecule has 4 rings (SSSR count). The van der Waals surface area contributed by atoms with Crippen molar-refractivity contribution in [2.24, 2.45) is 0 Å². The largest absolute Gasteiger partial charge is 0.357 e. The minimum atomic E-state index is 0.0314. The number of hydrogen-bond donors (Lipinski definition) is 1. The van der Waals surface area contributed by atoms with Gasteiger partial charge in [0.1, 0.15) is 5.82 Å². The summed E-state index contributed by atoms with van der Waals surface area (Å²) < 4.78 is 0. The van der Waals surface area contributed by atoms with Crippen LogP contribution in [0.25, 0.3) is 0 Å². The molecule has 1 aromatic heterocycles. The zero-order valence-electron chi connectivity index (χ0n) is 17.4. The van der Waals surface area contributed by atoms with Crippen molar-refractivity contribution in [2.45, 2.75) is 58.0 Å². The maximum atomic E-state index is 12.9. The molecular weight excluding hydrogens is 360 g/mol. The van der Waals surface area contributed by atoms with Crippen LogP contribution in [0.4, 0.5) is 10.6 Å².